The minimum absolute atomic E-state index is 0.197. The molecular formula is C18H20ClNO3. The quantitative estimate of drug-likeness (QED) is 0.749. The van der Waals surface area contributed by atoms with E-state index in [4.69, 9.17) is 21.1 Å². The molecule has 0 fully saturated rings. The molecule has 23 heavy (non-hydrogen) atoms. The summed E-state index contributed by atoms with van der Waals surface area (Å²) in [5.74, 6) is 0.348. The fourth-order valence-corrected chi connectivity index (χ4v) is 2.25. The second-order valence-corrected chi connectivity index (χ2v) is 5.22. The molecule has 0 spiro atoms. The van der Waals surface area contributed by atoms with Crippen molar-refractivity contribution in [3.63, 3.8) is 0 Å². The van der Waals surface area contributed by atoms with Crippen LogP contribution in [0.1, 0.15) is 22.8 Å². The third kappa shape index (κ3) is 5.27. The highest BCUT2D eigenvalue weighted by atomic mass is 35.5. The van der Waals surface area contributed by atoms with Crippen LogP contribution >= 0.6 is 11.6 Å². The van der Waals surface area contributed by atoms with Crippen LogP contribution in [0.2, 0.25) is 5.02 Å². The van der Waals surface area contributed by atoms with Crippen LogP contribution in [0.15, 0.2) is 48.5 Å². The average molecular weight is 334 g/mol. The summed E-state index contributed by atoms with van der Waals surface area (Å²) >= 11 is 6.09. The van der Waals surface area contributed by atoms with Crippen LogP contribution in [0.4, 0.5) is 0 Å². The molecule has 0 saturated carbocycles. The first kappa shape index (κ1) is 17.3. The molecule has 0 aromatic heterocycles. The Hall–Kier alpha value is -2.04. The summed E-state index contributed by atoms with van der Waals surface area (Å²) in [5, 5.41) is 3.50. The number of para-hydroxylation sites is 1. The van der Waals surface area contributed by atoms with E-state index < -0.39 is 0 Å². The number of halogens is 1. The van der Waals surface area contributed by atoms with Gasteiger partial charge < -0.3 is 14.8 Å². The van der Waals surface area contributed by atoms with Crippen LogP contribution in [-0.2, 0) is 11.3 Å². The molecule has 0 bridgehead atoms. The van der Waals surface area contributed by atoms with Crippen LogP contribution in [0, 0.1) is 0 Å². The number of carbonyl (C=O) groups is 1. The lowest BCUT2D eigenvalue weighted by Gasteiger charge is -2.12. The first-order valence-electron chi connectivity index (χ1n) is 7.53. The van der Waals surface area contributed by atoms with Crippen molar-refractivity contribution < 1.29 is 14.3 Å². The highest BCUT2D eigenvalue weighted by Crippen LogP contribution is 2.19. The van der Waals surface area contributed by atoms with Crippen LogP contribution in [0.25, 0.3) is 0 Å². The minimum atomic E-state index is -0.197. The maximum atomic E-state index is 12.4. The van der Waals surface area contributed by atoms with Gasteiger partial charge in [0.05, 0.1) is 12.2 Å². The second kappa shape index (κ2) is 9.18. The molecule has 0 aliphatic heterocycles. The first-order valence-corrected chi connectivity index (χ1v) is 7.91. The van der Waals surface area contributed by atoms with Gasteiger partial charge in [0, 0.05) is 18.2 Å². The predicted octanol–water partition coefficient (Wildman–Crippen LogP) is 3.69. The van der Waals surface area contributed by atoms with Gasteiger partial charge in [0.25, 0.3) is 5.91 Å². The summed E-state index contributed by atoms with van der Waals surface area (Å²) in [6.45, 7) is 3.83. The SMILES string of the molecule is CCOCCOc1ccccc1C(=O)NCc1ccccc1Cl. The van der Waals surface area contributed by atoms with Crippen molar-refractivity contribution in [2.75, 3.05) is 19.8 Å². The summed E-state index contributed by atoms with van der Waals surface area (Å²) in [5.41, 5.74) is 1.37. The molecule has 0 heterocycles. The van der Waals surface area contributed by atoms with Crippen molar-refractivity contribution >= 4 is 17.5 Å². The van der Waals surface area contributed by atoms with E-state index in [2.05, 4.69) is 5.32 Å². The van der Waals surface area contributed by atoms with Crippen molar-refractivity contribution in [1.29, 1.82) is 0 Å². The van der Waals surface area contributed by atoms with Gasteiger partial charge in [-0.1, -0.05) is 41.9 Å². The molecule has 0 saturated heterocycles. The summed E-state index contributed by atoms with van der Waals surface area (Å²) < 4.78 is 10.9. The number of benzene rings is 2. The number of hydrogen-bond donors (Lipinski definition) is 1. The number of amides is 1. The van der Waals surface area contributed by atoms with Gasteiger partial charge in [0.15, 0.2) is 0 Å². The molecule has 0 aliphatic carbocycles. The van der Waals surface area contributed by atoms with E-state index in [1.54, 1.807) is 24.3 Å². The largest absolute Gasteiger partial charge is 0.490 e. The smallest absolute Gasteiger partial charge is 0.255 e. The lowest BCUT2D eigenvalue weighted by molar-refractivity contribution is 0.0934. The fourth-order valence-electron chi connectivity index (χ4n) is 2.05. The van der Waals surface area contributed by atoms with E-state index in [1.165, 1.54) is 0 Å². The third-order valence-electron chi connectivity index (χ3n) is 3.22. The lowest BCUT2D eigenvalue weighted by atomic mass is 10.1. The van der Waals surface area contributed by atoms with E-state index in [9.17, 15) is 4.79 Å². The zero-order chi connectivity index (χ0) is 16.5. The molecule has 2 aromatic carbocycles. The van der Waals surface area contributed by atoms with Crippen LogP contribution in [0.5, 0.6) is 5.75 Å². The number of rotatable bonds is 8. The molecule has 2 aromatic rings. The molecule has 1 N–H and O–H groups in total. The van der Waals surface area contributed by atoms with Crippen molar-refractivity contribution in [2.24, 2.45) is 0 Å². The van der Waals surface area contributed by atoms with Crippen LogP contribution in [-0.4, -0.2) is 25.7 Å². The standard InChI is InChI=1S/C18H20ClNO3/c1-2-22-11-12-23-17-10-6-4-8-15(17)18(21)20-13-14-7-3-5-9-16(14)19/h3-10H,2,11-13H2,1H3,(H,20,21). The minimum Gasteiger partial charge on any atom is -0.490 e. The highest BCUT2D eigenvalue weighted by molar-refractivity contribution is 6.31. The second-order valence-electron chi connectivity index (χ2n) is 4.82. The molecule has 0 atom stereocenters. The first-order chi connectivity index (χ1) is 11.2. The Kier molecular flexibility index (Phi) is 6.91. The van der Waals surface area contributed by atoms with E-state index in [0.29, 0.717) is 42.7 Å². The summed E-state index contributed by atoms with van der Waals surface area (Å²) in [6, 6.07) is 14.6. The summed E-state index contributed by atoms with van der Waals surface area (Å²) in [4.78, 5) is 12.4. The maximum Gasteiger partial charge on any atom is 0.255 e. The van der Waals surface area contributed by atoms with Gasteiger partial charge in [-0.2, -0.15) is 0 Å². The van der Waals surface area contributed by atoms with Gasteiger partial charge in [-0.05, 0) is 30.7 Å². The maximum absolute atomic E-state index is 12.4. The monoisotopic (exact) mass is 333 g/mol. The Labute approximate surface area is 141 Å². The molecule has 4 nitrogen and oxygen atoms in total. The van der Waals surface area contributed by atoms with Crippen molar-refractivity contribution in [2.45, 2.75) is 13.5 Å². The van der Waals surface area contributed by atoms with E-state index in [-0.39, 0.29) is 5.91 Å². The zero-order valence-electron chi connectivity index (χ0n) is 13.0. The molecule has 122 valence electrons. The average Bonchev–Trinajstić information content (AvgIpc) is 2.58. The number of carbonyl (C=O) groups excluding carboxylic acids is 1. The van der Waals surface area contributed by atoms with Crippen molar-refractivity contribution in [1.82, 2.24) is 5.32 Å². The van der Waals surface area contributed by atoms with Gasteiger partial charge >= 0.3 is 0 Å². The van der Waals surface area contributed by atoms with E-state index >= 15 is 0 Å². The van der Waals surface area contributed by atoms with Crippen LogP contribution < -0.4 is 10.1 Å². The number of ether oxygens (including phenoxy) is 2. The molecular weight excluding hydrogens is 314 g/mol. The summed E-state index contributed by atoms with van der Waals surface area (Å²) in [7, 11) is 0. The number of nitrogens with one attached hydrogen (secondary N) is 1. The Balaban J connectivity index is 1.97. The zero-order valence-corrected chi connectivity index (χ0v) is 13.8. The van der Waals surface area contributed by atoms with Gasteiger partial charge in [0.1, 0.15) is 12.4 Å². The summed E-state index contributed by atoms with van der Waals surface area (Å²) in [6.07, 6.45) is 0. The Morgan fingerprint density at radius 2 is 1.83 bits per heavy atom. The van der Waals surface area contributed by atoms with Gasteiger partial charge in [-0.3, -0.25) is 4.79 Å². The Morgan fingerprint density at radius 1 is 1.09 bits per heavy atom. The Morgan fingerprint density at radius 3 is 2.61 bits per heavy atom. The van der Waals surface area contributed by atoms with Crippen LogP contribution in [0.3, 0.4) is 0 Å². The molecule has 0 aliphatic rings. The molecule has 1 amide bonds. The predicted molar refractivity (Wildman–Crippen MR) is 91.1 cm³/mol. The molecule has 2 rings (SSSR count). The lowest BCUT2D eigenvalue weighted by Crippen LogP contribution is -2.24. The van der Waals surface area contributed by atoms with Gasteiger partial charge in [-0.25, -0.2) is 0 Å². The third-order valence-corrected chi connectivity index (χ3v) is 3.59. The molecule has 0 radical (unpaired) electrons. The normalized spacial score (nSPS) is 10.3. The van der Waals surface area contributed by atoms with E-state index in [0.717, 1.165) is 5.56 Å². The van der Waals surface area contributed by atoms with Gasteiger partial charge in [-0.15, -0.1) is 0 Å². The van der Waals surface area contributed by atoms with Crippen molar-refractivity contribution in [3.8, 4) is 5.75 Å². The molecule has 0 unspecified atom stereocenters. The molecule has 5 heteroatoms. The topological polar surface area (TPSA) is 47.6 Å². The fraction of sp³-hybridized carbons (Fsp3) is 0.278. The highest BCUT2D eigenvalue weighted by Gasteiger charge is 2.12. The Bertz CT molecular complexity index is 646. The van der Waals surface area contributed by atoms with Crippen molar-refractivity contribution in [3.05, 3.63) is 64.7 Å². The van der Waals surface area contributed by atoms with Gasteiger partial charge in [0.2, 0.25) is 0 Å². The van der Waals surface area contributed by atoms with E-state index in [1.807, 2.05) is 31.2 Å². The number of hydrogen-bond acceptors (Lipinski definition) is 3.